The van der Waals surface area contributed by atoms with E-state index in [1.807, 2.05) is 0 Å². The van der Waals surface area contributed by atoms with Gasteiger partial charge in [0, 0.05) is 52.1 Å². The number of benzene rings is 3. The Morgan fingerprint density at radius 3 is 2.67 bits per heavy atom. The smallest absolute Gasteiger partial charge is 0.304 e. The number of aliphatic hydroxyl groups is 1. The van der Waals surface area contributed by atoms with Crippen LogP contribution in [0.1, 0.15) is 55.4 Å². The van der Waals surface area contributed by atoms with Gasteiger partial charge < -0.3 is 24.4 Å². The third-order valence-corrected chi connectivity index (χ3v) is 7.54. The topological polar surface area (TPSA) is 103 Å². The van der Waals surface area contributed by atoms with Crippen LogP contribution in [0.3, 0.4) is 0 Å². The first-order valence-electron chi connectivity index (χ1n) is 13.8. The largest absolute Gasteiger partial charge is 0.492 e. The average Bonchev–Trinajstić information content (AvgIpc) is 3.66. The molecule has 1 aromatic heterocycles. The summed E-state index contributed by atoms with van der Waals surface area (Å²) in [6.45, 7) is 3.66. The second kappa shape index (κ2) is 11.0. The number of ether oxygens (including phenoxy) is 3. The van der Waals surface area contributed by atoms with E-state index in [1.165, 1.54) is 29.2 Å². The molecule has 2 heterocycles. The third kappa shape index (κ3) is 5.90. The lowest BCUT2D eigenvalue weighted by atomic mass is 9.98. The number of aliphatic carboxylic acids is 1. The molecule has 43 heavy (non-hydrogen) atoms. The molecule has 0 saturated carbocycles. The molecule has 6 rings (SSSR count). The van der Waals surface area contributed by atoms with E-state index < -0.39 is 35.1 Å². The maximum absolute atomic E-state index is 15.2. The molecule has 224 valence electrons. The summed E-state index contributed by atoms with van der Waals surface area (Å²) < 4.78 is 64.4. The Labute approximate surface area is 245 Å². The van der Waals surface area contributed by atoms with E-state index in [0.717, 1.165) is 17.7 Å². The molecule has 3 aromatic carbocycles. The van der Waals surface area contributed by atoms with E-state index in [0.29, 0.717) is 35.5 Å². The van der Waals surface area contributed by atoms with Crippen molar-refractivity contribution in [2.75, 3.05) is 6.61 Å². The van der Waals surface area contributed by atoms with E-state index in [1.54, 1.807) is 32.0 Å². The van der Waals surface area contributed by atoms with E-state index in [-0.39, 0.29) is 48.1 Å². The fourth-order valence-corrected chi connectivity index (χ4v) is 5.66. The monoisotopic (exact) mass is 594 g/mol. The Bertz CT molecular complexity index is 1710. The molecule has 0 spiro atoms. The molecule has 8 nitrogen and oxygen atoms in total. The van der Waals surface area contributed by atoms with Gasteiger partial charge >= 0.3 is 5.97 Å². The van der Waals surface area contributed by atoms with Crippen molar-refractivity contribution < 1.29 is 42.4 Å². The second-order valence-corrected chi connectivity index (χ2v) is 11.5. The maximum Gasteiger partial charge on any atom is 0.304 e. The zero-order chi connectivity index (χ0) is 30.5. The van der Waals surface area contributed by atoms with Crippen LogP contribution >= 0.6 is 0 Å². The molecule has 0 radical (unpaired) electrons. The number of aromatic nitrogens is 2. The summed E-state index contributed by atoms with van der Waals surface area (Å²) in [4.78, 5) is 11.1. The number of rotatable bonds is 9. The molecule has 2 aliphatic rings. The highest BCUT2D eigenvalue weighted by Gasteiger charge is 2.32. The van der Waals surface area contributed by atoms with Crippen molar-refractivity contribution in [3.8, 4) is 34.1 Å². The number of carboxylic acids is 1. The highest BCUT2D eigenvalue weighted by molar-refractivity contribution is 5.69. The number of nitrogens with zero attached hydrogens (tertiary/aromatic N) is 2. The van der Waals surface area contributed by atoms with Gasteiger partial charge in [-0.1, -0.05) is 6.07 Å². The average molecular weight is 595 g/mol. The molecule has 0 amide bonds. The van der Waals surface area contributed by atoms with E-state index in [2.05, 4.69) is 5.10 Å². The van der Waals surface area contributed by atoms with Gasteiger partial charge in [0.1, 0.15) is 35.0 Å². The van der Waals surface area contributed by atoms with E-state index in [4.69, 9.17) is 19.3 Å². The van der Waals surface area contributed by atoms with Gasteiger partial charge in [-0.15, -0.1) is 0 Å². The van der Waals surface area contributed by atoms with Crippen LogP contribution in [-0.4, -0.2) is 38.2 Å². The van der Waals surface area contributed by atoms with Crippen molar-refractivity contribution in [2.45, 2.75) is 57.3 Å². The van der Waals surface area contributed by atoms with Crippen molar-refractivity contribution in [3.05, 3.63) is 89.0 Å². The van der Waals surface area contributed by atoms with Crippen LogP contribution in [0.5, 0.6) is 23.0 Å². The van der Waals surface area contributed by atoms with Gasteiger partial charge in [-0.2, -0.15) is 5.10 Å². The first kappa shape index (κ1) is 28.6. The number of fused-ring (bicyclic) bond motifs is 2. The Balaban J connectivity index is 1.21. The predicted molar refractivity (Wildman–Crippen MR) is 149 cm³/mol. The van der Waals surface area contributed by atoms with Gasteiger partial charge in [-0.25, -0.2) is 13.2 Å². The Morgan fingerprint density at radius 1 is 1.09 bits per heavy atom. The van der Waals surface area contributed by atoms with Crippen molar-refractivity contribution >= 4 is 5.97 Å². The van der Waals surface area contributed by atoms with Gasteiger partial charge in [-0.05, 0) is 51.0 Å². The minimum atomic E-state index is -1.03. The zero-order valence-corrected chi connectivity index (χ0v) is 23.4. The molecule has 2 atom stereocenters. The van der Waals surface area contributed by atoms with Crippen molar-refractivity contribution in [1.82, 2.24) is 9.78 Å². The Morgan fingerprint density at radius 2 is 1.91 bits per heavy atom. The molecule has 4 aromatic rings. The molecule has 0 fully saturated rings. The quantitative estimate of drug-likeness (QED) is 0.227. The number of carboxylic acid groups (broad SMARTS) is 1. The molecule has 2 N–H and O–H groups in total. The zero-order valence-electron chi connectivity index (χ0n) is 23.4. The molecule has 0 bridgehead atoms. The molecular weight excluding hydrogens is 565 g/mol. The van der Waals surface area contributed by atoms with Crippen LogP contribution in [0, 0.1) is 17.5 Å². The molecule has 1 aliphatic carbocycles. The van der Waals surface area contributed by atoms with Crippen molar-refractivity contribution in [1.29, 1.82) is 0 Å². The number of halogens is 3. The predicted octanol–water partition coefficient (Wildman–Crippen LogP) is 6.55. The third-order valence-electron chi connectivity index (χ3n) is 7.54. The lowest BCUT2D eigenvalue weighted by Gasteiger charge is -2.17. The van der Waals surface area contributed by atoms with E-state index >= 15 is 13.2 Å². The summed E-state index contributed by atoms with van der Waals surface area (Å²) in [5, 5.41) is 23.2. The number of hydrogen-bond donors (Lipinski definition) is 2. The van der Waals surface area contributed by atoms with Crippen LogP contribution in [0.2, 0.25) is 0 Å². The summed E-state index contributed by atoms with van der Waals surface area (Å²) in [5.74, 6) is -2.39. The standard InChI is InChI=1S/C32H29F3N2O6/c1-32(2,40)16-37-14-18(13-36-37)22-11-25(35)29(12-24(22)34)43-26-8-6-23(33)31-21(26)5-7-27(31)42-19-3-4-20-17(9-30(38)39)15-41-28(20)10-19/h3-4,6,8,10-14,17,27,40H,5,7,9,15-16H2,1-2H3,(H,38,39). The van der Waals surface area contributed by atoms with Crippen molar-refractivity contribution in [3.63, 3.8) is 0 Å². The Hall–Kier alpha value is -4.51. The van der Waals surface area contributed by atoms with Crippen LogP contribution in [-0.2, 0) is 17.8 Å². The summed E-state index contributed by atoms with van der Waals surface area (Å²) in [6, 6.07) is 9.68. The molecular formula is C32H29F3N2O6. The fraction of sp³-hybridized carbons (Fsp3) is 0.312. The van der Waals surface area contributed by atoms with Crippen LogP contribution in [0.15, 0.2) is 54.9 Å². The molecule has 11 heteroatoms. The lowest BCUT2D eigenvalue weighted by Crippen LogP contribution is -2.26. The van der Waals surface area contributed by atoms with Gasteiger partial charge in [0.2, 0.25) is 0 Å². The maximum atomic E-state index is 15.2. The van der Waals surface area contributed by atoms with Crippen LogP contribution < -0.4 is 14.2 Å². The van der Waals surface area contributed by atoms with Crippen LogP contribution in [0.25, 0.3) is 11.1 Å². The van der Waals surface area contributed by atoms with Crippen molar-refractivity contribution in [2.24, 2.45) is 0 Å². The number of carbonyl (C=O) groups is 1. The van der Waals surface area contributed by atoms with Gasteiger partial charge in [0.05, 0.1) is 31.4 Å². The van der Waals surface area contributed by atoms with Gasteiger partial charge in [-0.3, -0.25) is 9.48 Å². The highest BCUT2D eigenvalue weighted by Crippen LogP contribution is 2.45. The molecule has 0 saturated heterocycles. The summed E-state index contributed by atoms with van der Waals surface area (Å²) >= 11 is 0. The molecule has 2 unspecified atom stereocenters. The minimum absolute atomic E-state index is 0.0164. The summed E-state index contributed by atoms with van der Waals surface area (Å²) in [5.41, 5.74) is 0.848. The highest BCUT2D eigenvalue weighted by atomic mass is 19.1. The minimum Gasteiger partial charge on any atom is -0.492 e. The second-order valence-electron chi connectivity index (χ2n) is 11.5. The number of hydrogen-bond acceptors (Lipinski definition) is 6. The normalized spacial score (nSPS) is 17.3. The van der Waals surface area contributed by atoms with Gasteiger partial charge in [0.25, 0.3) is 0 Å². The lowest BCUT2D eigenvalue weighted by molar-refractivity contribution is -0.137. The van der Waals surface area contributed by atoms with Crippen LogP contribution in [0.4, 0.5) is 13.2 Å². The SMILES string of the molecule is CC(C)(O)Cn1cc(-c2cc(F)c(Oc3ccc(F)c4c3CCC4Oc3ccc4c(c3)OCC4CC(=O)O)cc2F)cn1. The van der Waals surface area contributed by atoms with E-state index in [9.17, 15) is 9.90 Å². The molecule has 1 aliphatic heterocycles. The fourth-order valence-electron chi connectivity index (χ4n) is 5.66. The first-order chi connectivity index (χ1) is 20.4. The Kier molecular flexibility index (Phi) is 7.29. The first-order valence-corrected chi connectivity index (χ1v) is 13.8. The van der Waals surface area contributed by atoms with Gasteiger partial charge in [0.15, 0.2) is 11.6 Å². The summed E-state index contributed by atoms with van der Waals surface area (Å²) in [7, 11) is 0. The summed E-state index contributed by atoms with van der Waals surface area (Å²) in [6.07, 6.45) is 3.02.